The standard InChI is InChI=1S/C33H29N5O/c1-22-32(26-10-6-5-7-11-26)24(3)37(35-22)28-12-8-14-30(20-28)39-31-15-9-13-29(21-31)38-25(4)33(23(2)36-38)27-16-18-34-19-17-27/h5-21H,1-4H3. The fourth-order valence-electron chi connectivity index (χ4n) is 5.24. The minimum absolute atomic E-state index is 0.737. The van der Waals surface area contributed by atoms with Gasteiger partial charge in [0.05, 0.1) is 22.8 Å². The Morgan fingerprint density at radius 2 is 1.03 bits per heavy atom. The van der Waals surface area contributed by atoms with E-state index in [2.05, 4.69) is 50.0 Å². The van der Waals surface area contributed by atoms with Gasteiger partial charge in [0.2, 0.25) is 0 Å². The molecule has 0 bridgehead atoms. The average Bonchev–Trinajstić information content (AvgIpc) is 3.43. The van der Waals surface area contributed by atoms with E-state index >= 15 is 0 Å². The van der Waals surface area contributed by atoms with Crippen LogP contribution in [0.3, 0.4) is 0 Å². The highest BCUT2D eigenvalue weighted by atomic mass is 16.5. The van der Waals surface area contributed by atoms with E-state index in [0.717, 1.165) is 62.3 Å². The molecule has 0 radical (unpaired) electrons. The Kier molecular flexibility index (Phi) is 6.29. The Morgan fingerprint density at radius 3 is 1.54 bits per heavy atom. The first kappa shape index (κ1) is 24.4. The predicted molar refractivity (Wildman–Crippen MR) is 155 cm³/mol. The van der Waals surface area contributed by atoms with Crippen LogP contribution in [0.4, 0.5) is 0 Å². The fraction of sp³-hybridized carbons (Fsp3) is 0.121. The van der Waals surface area contributed by atoms with Crippen LogP contribution in [0, 0.1) is 27.7 Å². The van der Waals surface area contributed by atoms with Crippen molar-refractivity contribution in [1.82, 2.24) is 24.5 Å². The summed E-state index contributed by atoms with van der Waals surface area (Å²) in [5.41, 5.74) is 10.6. The van der Waals surface area contributed by atoms with E-state index in [9.17, 15) is 0 Å². The van der Waals surface area contributed by atoms with Crippen LogP contribution in [0.2, 0.25) is 0 Å². The molecule has 3 heterocycles. The Morgan fingerprint density at radius 1 is 0.538 bits per heavy atom. The van der Waals surface area contributed by atoms with Gasteiger partial charge in [-0.25, -0.2) is 9.36 Å². The van der Waals surface area contributed by atoms with Crippen molar-refractivity contribution in [3.8, 4) is 45.1 Å². The third-order valence-electron chi connectivity index (χ3n) is 6.97. The van der Waals surface area contributed by atoms with Crippen LogP contribution in [0.15, 0.2) is 103 Å². The number of hydrogen-bond acceptors (Lipinski definition) is 4. The number of hydrogen-bond donors (Lipinski definition) is 0. The molecule has 0 spiro atoms. The molecule has 6 aromatic rings. The van der Waals surface area contributed by atoms with Gasteiger partial charge in [0.15, 0.2) is 0 Å². The quantitative estimate of drug-likeness (QED) is 0.229. The summed E-state index contributed by atoms with van der Waals surface area (Å²) in [5.74, 6) is 1.48. The highest BCUT2D eigenvalue weighted by Gasteiger charge is 2.16. The maximum absolute atomic E-state index is 6.34. The van der Waals surface area contributed by atoms with Gasteiger partial charge in [0.1, 0.15) is 11.5 Å². The molecule has 0 unspecified atom stereocenters. The summed E-state index contributed by atoms with van der Waals surface area (Å²) in [4.78, 5) is 4.15. The molecular weight excluding hydrogens is 482 g/mol. The first-order valence-electron chi connectivity index (χ1n) is 13.0. The molecule has 0 aliphatic heterocycles. The molecule has 3 aromatic heterocycles. The molecule has 0 aliphatic rings. The summed E-state index contributed by atoms with van der Waals surface area (Å²) < 4.78 is 10.3. The summed E-state index contributed by atoms with van der Waals surface area (Å²) in [6.07, 6.45) is 3.62. The van der Waals surface area contributed by atoms with Crippen LogP contribution in [0.5, 0.6) is 11.5 Å². The van der Waals surface area contributed by atoms with E-state index in [-0.39, 0.29) is 0 Å². The van der Waals surface area contributed by atoms with Crippen LogP contribution in [0.1, 0.15) is 22.8 Å². The lowest BCUT2D eigenvalue weighted by Gasteiger charge is -2.11. The summed E-state index contributed by atoms with van der Waals surface area (Å²) in [5, 5.41) is 9.68. The number of benzene rings is 3. The highest BCUT2D eigenvalue weighted by Crippen LogP contribution is 2.32. The predicted octanol–water partition coefficient (Wildman–Crippen LogP) is 7.81. The average molecular weight is 512 g/mol. The van der Waals surface area contributed by atoms with E-state index in [0.29, 0.717) is 0 Å². The molecule has 0 fully saturated rings. The Labute approximate surface area is 228 Å². The van der Waals surface area contributed by atoms with Crippen molar-refractivity contribution in [3.63, 3.8) is 0 Å². The van der Waals surface area contributed by atoms with E-state index < -0.39 is 0 Å². The second-order valence-electron chi connectivity index (χ2n) is 9.61. The van der Waals surface area contributed by atoms with Gasteiger partial charge in [-0.3, -0.25) is 4.98 Å². The van der Waals surface area contributed by atoms with Crippen molar-refractivity contribution < 1.29 is 4.74 Å². The first-order chi connectivity index (χ1) is 19.0. The molecule has 6 nitrogen and oxygen atoms in total. The van der Waals surface area contributed by atoms with Gasteiger partial charge in [-0.1, -0.05) is 42.5 Å². The number of aryl methyl sites for hydroxylation is 2. The molecular formula is C33H29N5O. The van der Waals surface area contributed by atoms with Crippen molar-refractivity contribution in [1.29, 1.82) is 0 Å². The zero-order valence-corrected chi connectivity index (χ0v) is 22.5. The maximum atomic E-state index is 6.34. The lowest BCUT2D eigenvalue weighted by atomic mass is 10.0. The lowest BCUT2D eigenvalue weighted by Crippen LogP contribution is -2.00. The molecule has 0 atom stereocenters. The van der Waals surface area contributed by atoms with Crippen molar-refractivity contribution in [2.75, 3.05) is 0 Å². The van der Waals surface area contributed by atoms with Gasteiger partial charge in [-0.2, -0.15) is 10.2 Å². The Balaban J connectivity index is 1.30. The van der Waals surface area contributed by atoms with Gasteiger partial charge in [-0.15, -0.1) is 0 Å². The molecule has 39 heavy (non-hydrogen) atoms. The zero-order chi connectivity index (χ0) is 26.9. The van der Waals surface area contributed by atoms with Crippen molar-refractivity contribution in [2.24, 2.45) is 0 Å². The number of nitrogens with zero attached hydrogens (tertiary/aromatic N) is 5. The van der Waals surface area contributed by atoms with Crippen LogP contribution >= 0.6 is 0 Å². The number of ether oxygens (including phenoxy) is 1. The van der Waals surface area contributed by atoms with Crippen LogP contribution in [0.25, 0.3) is 33.6 Å². The van der Waals surface area contributed by atoms with Gasteiger partial charge >= 0.3 is 0 Å². The van der Waals surface area contributed by atoms with Crippen molar-refractivity contribution >= 4 is 0 Å². The summed E-state index contributed by atoms with van der Waals surface area (Å²) in [6, 6.07) is 30.4. The van der Waals surface area contributed by atoms with E-state index in [4.69, 9.17) is 14.9 Å². The minimum Gasteiger partial charge on any atom is -0.457 e. The van der Waals surface area contributed by atoms with E-state index in [1.54, 1.807) is 0 Å². The van der Waals surface area contributed by atoms with Crippen LogP contribution in [-0.2, 0) is 0 Å². The number of aromatic nitrogens is 5. The molecule has 0 saturated heterocycles. The lowest BCUT2D eigenvalue weighted by molar-refractivity contribution is 0.481. The fourth-order valence-corrected chi connectivity index (χ4v) is 5.24. The minimum atomic E-state index is 0.737. The summed E-state index contributed by atoms with van der Waals surface area (Å²) in [7, 11) is 0. The molecule has 3 aromatic carbocycles. The van der Waals surface area contributed by atoms with Gasteiger partial charge in [-0.05, 0) is 75.2 Å². The zero-order valence-electron chi connectivity index (χ0n) is 22.5. The molecule has 6 heteroatoms. The van der Waals surface area contributed by atoms with Gasteiger partial charge < -0.3 is 4.74 Å². The SMILES string of the molecule is Cc1nn(-c2cccc(Oc3cccc(-n4nc(C)c(-c5ccncc5)c4C)c3)c2)c(C)c1-c1ccccc1. The Bertz CT molecular complexity index is 1640. The second kappa shape index (κ2) is 10.1. The topological polar surface area (TPSA) is 57.8 Å². The molecule has 192 valence electrons. The largest absolute Gasteiger partial charge is 0.457 e. The molecule has 0 saturated carbocycles. The first-order valence-corrected chi connectivity index (χ1v) is 13.0. The van der Waals surface area contributed by atoms with Crippen LogP contribution < -0.4 is 4.74 Å². The van der Waals surface area contributed by atoms with Gasteiger partial charge in [0.25, 0.3) is 0 Å². The number of rotatable bonds is 6. The van der Waals surface area contributed by atoms with Crippen LogP contribution in [-0.4, -0.2) is 24.5 Å². The molecule has 0 N–H and O–H groups in total. The smallest absolute Gasteiger partial charge is 0.129 e. The number of pyridine rings is 1. The van der Waals surface area contributed by atoms with E-state index in [1.807, 2.05) is 95.4 Å². The summed E-state index contributed by atoms with van der Waals surface area (Å²) >= 11 is 0. The third-order valence-corrected chi connectivity index (χ3v) is 6.97. The third kappa shape index (κ3) is 4.61. The van der Waals surface area contributed by atoms with Crippen molar-refractivity contribution in [3.05, 3.63) is 126 Å². The monoisotopic (exact) mass is 511 g/mol. The summed E-state index contributed by atoms with van der Waals surface area (Å²) in [6.45, 7) is 8.28. The van der Waals surface area contributed by atoms with Gasteiger partial charge in [0, 0.05) is 47.0 Å². The second-order valence-corrected chi connectivity index (χ2v) is 9.61. The molecule has 0 amide bonds. The normalized spacial score (nSPS) is 11.1. The Hall–Kier alpha value is -4.97. The van der Waals surface area contributed by atoms with E-state index in [1.165, 1.54) is 5.56 Å². The molecule has 6 rings (SSSR count). The maximum Gasteiger partial charge on any atom is 0.129 e. The highest BCUT2D eigenvalue weighted by molar-refractivity contribution is 5.70. The van der Waals surface area contributed by atoms with Crippen molar-refractivity contribution in [2.45, 2.75) is 27.7 Å². The molecule has 0 aliphatic carbocycles.